The van der Waals surface area contributed by atoms with E-state index in [1.54, 1.807) is 27.0 Å². The molecule has 0 radical (unpaired) electrons. The highest BCUT2D eigenvalue weighted by molar-refractivity contribution is 5.70. The van der Waals surface area contributed by atoms with Crippen LogP contribution in [-0.4, -0.2) is 34.9 Å². The quantitative estimate of drug-likeness (QED) is 0.761. The average Bonchev–Trinajstić information content (AvgIpc) is 3.22. The summed E-state index contributed by atoms with van der Waals surface area (Å²) in [6, 6.07) is 8.87. The van der Waals surface area contributed by atoms with E-state index in [4.69, 9.17) is 13.9 Å². The molecule has 0 saturated heterocycles. The van der Waals surface area contributed by atoms with Crippen LogP contribution in [0.25, 0.3) is 0 Å². The van der Waals surface area contributed by atoms with Gasteiger partial charge in [-0.2, -0.15) is 0 Å². The summed E-state index contributed by atoms with van der Waals surface area (Å²) in [4.78, 5) is 28.7. The van der Waals surface area contributed by atoms with E-state index in [1.807, 2.05) is 30.3 Å². The molecule has 0 spiro atoms. The van der Waals surface area contributed by atoms with Crippen molar-refractivity contribution in [1.29, 1.82) is 0 Å². The van der Waals surface area contributed by atoms with Crippen LogP contribution in [0.5, 0.6) is 0 Å². The largest absolute Gasteiger partial charge is 0.448 e. The van der Waals surface area contributed by atoms with E-state index in [-0.39, 0.29) is 24.6 Å². The van der Waals surface area contributed by atoms with E-state index >= 15 is 0 Å². The summed E-state index contributed by atoms with van der Waals surface area (Å²) in [5, 5.41) is 5.80. The van der Waals surface area contributed by atoms with Gasteiger partial charge in [-0.3, -0.25) is 0 Å². The maximum atomic E-state index is 12.3. The number of aromatic nitrogens is 1. The van der Waals surface area contributed by atoms with E-state index in [9.17, 15) is 9.59 Å². The summed E-state index contributed by atoms with van der Waals surface area (Å²) < 4.78 is 16.2. The number of oxazole rings is 1. The highest BCUT2D eigenvalue weighted by atomic mass is 16.6. The number of alkyl carbamates (subject to hydrolysis) is 2. The summed E-state index contributed by atoms with van der Waals surface area (Å²) in [7, 11) is 0. The minimum Gasteiger partial charge on any atom is -0.448 e. The van der Waals surface area contributed by atoms with Gasteiger partial charge in [0.25, 0.3) is 0 Å². The van der Waals surface area contributed by atoms with Crippen LogP contribution in [0.4, 0.5) is 9.59 Å². The Labute approximate surface area is 176 Å². The Morgan fingerprint density at radius 3 is 2.50 bits per heavy atom. The van der Waals surface area contributed by atoms with E-state index in [0.29, 0.717) is 12.8 Å². The summed E-state index contributed by atoms with van der Waals surface area (Å²) in [6.07, 6.45) is 4.11. The standard InChI is InChI=1S/C22H29N3O5/c1-22(2,3)30-21(27)25-18-11-16(19-12-23-14-29-19)9-10-17(18)24-20(26)28-13-15-7-5-4-6-8-15/h4-8,12,14,16-18H,9-11,13H2,1-3H3,(H,24,26)(H,25,27)/t16-,17-,18+/m0/s1. The number of carbonyl (C=O) groups is 2. The zero-order valence-corrected chi connectivity index (χ0v) is 17.6. The predicted octanol–water partition coefficient (Wildman–Crippen LogP) is 4.13. The number of amides is 2. The number of ether oxygens (including phenoxy) is 2. The van der Waals surface area contributed by atoms with Crippen molar-refractivity contribution >= 4 is 12.2 Å². The molecule has 1 saturated carbocycles. The van der Waals surface area contributed by atoms with Gasteiger partial charge in [0, 0.05) is 5.92 Å². The van der Waals surface area contributed by atoms with Gasteiger partial charge in [-0.15, -0.1) is 0 Å². The molecular formula is C22H29N3O5. The van der Waals surface area contributed by atoms with Crippen molar-refractivity contribution < 1.29 is 23.5 Å². The normalized spacial score (nSPS) is 21.5. The summed E-state index contributed by atoms with van der Waals surface area (Å²) >= 11 is 0. The highest BCUT2D eigenvalue weighted by Gasteiger charge is 2.35. The number of benzene rings is 1. The van der Waals surface area contributed by atoms with Crippen molar-refractivity contribution in [2.45, 2.75) is 70.2 Å². The fourth-order valence-electron chi connectivity index (χ4n) is 3.56. The SMILES string of the molecule is CC(C)(C)OC(=O)N[C@@H]1C[C@@H](c2cnco2)CC[C@@H]1NC(=O)OCc1ccccc1. The second kappa shape index (κ2) is 9.65. The third kappa shape index (κ3) is 6.50. The molecule has 8 nitrogen and oxygen atoms in total. The third-order valence-corrected chi connectivity index (χ3v) is 4.92. The lowest BCUT2D eigenvalue weighted by Crippen LogP contribution is -2.55. The van der Waals surface area contributed by atoms with Gasteiger partial charge in [-0.25, -0.2) is 14.6 Å². The molecule has 30 heavy (non-hydrogen) atoms. The molecule has 1 aliphatic rings. The Hall–Kier alpha value is -3.03. The first-order valence-electron chi connectivity index (χ1n) is 10.2. The molecule has 1 aliphatic carbocycles. The average molecular weight is 415 g/mol. The number of nitrogens with one attached hydrogen (secondary N) is 2. The third-order valence-electron chi connectivity index (χ3n) is 4.92. The van der Waals surface area contributed by atoms with Gasteiger partial charge in [0.1, 0.15) is 18.0 Å². The molecule has 1 aromatic carbocycles. The van der Waals surface area contributed by atoms with E-state index in [2.05, 4.69) is 15.6 Å². The van der Waals surface area contributed by atoms with Crippen LogP contribution in [-0.2, 0) is 16.1 Å². The van der Waals surface area contributed by atoms with Crippen molar-refractivity contribution in [2.24, 2.45) is 0 Å². The fraction of sp³-hybridized carbons (Fsp3) is 0.500. The Bertz CT molecular complexity index is 817. The van der Waals surface area contributed by atoms with E-state index < -0.39 is 17.8 Å². The Morgan fingerprint density at radius 2 is 1.83 bits per heavy atom. The number of hydrogen-bond acceptors (Lipinski definition) is 6. The van der Waals surface area contributed by atoms with Gasteiger partial charge in [-0.1, -0.05) is 30.3 Å². The molecule has 3 rings (SSSR count). The van der Waals surface area contributed by atoms with Gasteiger partial charge in [-0.05, 0) is 45.6 Å². The maximum Gasteiger partial charge on any atom is 0.407 e. The molecular weight excluding hydrogens is 386 g/mol. The molecule has 8 heteroatoms. The minimum absolute atomic E-state index is 0.103. The van der Waals surface area contributed by atoms with Crippen LogP contribution in [0.1, 0.15) is 57.3 Å². The monoisotopic (exact) mass is 415 g/mol. The second-order valence-corrected chi connectivity index (χ2v) is 8.48. The van der Waals surface area contributed by atoms with Gasteiger partial charge in [0.2, 0.25) is 0 Å². The first kappa shape index (κ1) is 21.7. The number of hydrogen-bond donors (Lipinski definition) is 2. The zero-order chi connectivity index (χ0) is 21.6. The maximum absolute atomic E-state index is 12.3. The lowest BCUT2D eigenvalue weighted by molar-refractivity contribution is 0.0469. The molecule has 2 amide bonds. The van der Waals surface area contributed by atoms with E-state index in [1.165, 1.54) is 6.39 Å². The van der Waals surface area contributed by atoms with Gasteiger partial charge >= 0.3 is 12.2 Å². The Kier molecular flexibility index (Phi) is 6.97. The lowest BCUT2D eigenvalue weighted by Gasteiger charge is -2.36. The Balaban J connectivity index is 1.61. The minimum atomic E-state index is -0.610. The Morgan fingerprint density at radius 1 is 1.10 bits per heavy atom. The van der Waals surface area contributed by atoms with Crippen molar-refractivity contribution in [3.63, 3.8) is 0 Å². The molecule has 1 fully saturated rings. The molecule has 0 aliphatic heterocycles. The topological polar surface area (TPSA) is 103 Å². The predicted molar refractivity (Wildman–Crippen MR) is 110 cm³/mol. The highest BCUT2D eigenvalue weighted by Crippen LogP contribution is 2.33. The molecule has 2 N–H and O–H groups in total. The van der Waals surface area contributed by atoms with Crippen molar-refractivity contribution in [3.05, 3.63) is 54.2 Å². The second-order valence-electron chi connectivity index (χ2n) is 8.48. The van der Waals surface area contributed by atoms with Gasteiger partial charge in [0.05, 0.1) is 18.3 Å². The van der Waals surface area contributed by atoms with Crippen LogP contribution < -0.4 is 10.6 Å². The molecule has 0 bridgehead atoms. The van der Waals surface area contributed by atoms with Gasteiger partial charge in [0.15, 0.2) is 6.39 Å². The van der Waals surface area contributed by atoms with Crippen LogP contribution in [0.15, 0.2) is 47.3 Å². The fourth-order valence-corrected chi connectivity index (χ4v) is 3.56. The molecule has 3 atom stereocenters. The molecule has 1 heterocycles. The number of rotatable bonds is 5. The van der Waals surface area contributed by atoms with Crippen LogP contribution >= 0.6 is 0 Å². The van der Waals surface area contributed by atoms with Crippen molar-refractivity contribution in [1.82, 2.24) is 15.6 Å². The van der Waals surface area contributed by atoms with Crippen LogP contribution in [0, 0.1) is 0 Å². The molecule has 1 aromatic heterocycles. The smallest absolute Gasteiger partial charge is 0.407 e. The molecule has 0 unspecified atom stereocenters. The first-order valence-corrected chi connectivity index (χ1v) is 10.2. The van der Waals surface area contributed by atoms with Crippen molar-refractivity contribution in [3.8, 4) is 0 Å². The zero-order valence-electron chi connectivity index (χ0n) is 17.6. The van der Waals surface area contributed by atoms with Crippen molar-refractivity contribution in [2.75, 3.05) is 0 Å². The lowest BCUT2D eigenvalue weighted by atomic mass is 9.81. The van der Waals surface area contributed by atoms with Crippen LogP contribution in [0.3, 0.4) is 0 Å². The van der Waals surface area contributed by atoms with E-state index in [0.717, 1.165) is 17.7 Å². The molecule has 2 aromatic rings. The number of nitrogens with zero attached hydrogens (tertiary/aromatic N) is 1. The summed E-state index contributed by atoms with van der Waals surface area (Å²) in [5.74, 6) is 0.877. The molecule has 162 valence electrons. The van der Waals surface area contributed by atoms with Gasteiger partial charge < -0.3 is 24.5 Å². The summed E-state index contributed by atoms with van der Waals surface area (Å²) in [5.41, 5.74) is 0.297. The summed E-state index contributed by atoms with van der Waals surface area (Å²) in [6.45, 7) is 5.61. The van der Waals surface area contributed by atoms with Crippen LogP contribution in [0.2, 0.25) is 0 Å². The first-order chi connectivity index (χ1) is 14.3. The number of carbonyl (C=O) groups excluding carboxylic acids is 2.